The fraction of sp³-hybridized carbons (Fsp3) is 0.0741. The fourth-order valence-electron chi connectivity index (χ4n) is 3.59. The van der Waals surface area contributed by atoms with E-state index in [1.807, 2.05) is 0 Å². The van der Waals surface area contributed by atoms with Crippen LogP contribution in [-0.4, -0.2) is 36.4 Å². The molecule has 0 aliphatic heterocycles. The van der Waals surface area contributed by atoms with Crippen LogP contribution in [0.1, 0.15) is 0 Å². The third kappa shape index (κ3) is 6.71. The second-order valence-electron chi connectivity index (χ2n) is 8.32. The highest BCUT2D eigenvalue weighted by atomic mass is 35.5. The van der Waals surface area contributed by atoms with E-state index in [1.54, 1.807) is 18.2 Å². The molecule has 0 aliphatic carbocycles. The number of rotatable bonds is 10. The third-order valence-corrected chi connectivity index (χ3v) is 9.11. The van der Waals surface area contributed by atoms with Crippen LogP contribution in [0.3, 0.4) is 0 Å². The van der Waals surface area contributed by atoms with Gasteiger partial charge in [0.2, 0.25) is 5.91 Å². The van der Waals surface area contributed by atoms with E-state index < -0.39 is 38.3 Å². The number of halogens is 2. The summed E-state index contributed by atoms with van der Waals surface area (Å²) >= 11 is 6.04. The summed E-state index contributed by atoms with van der Waals surface area (Å²) < 4.78 is 74.2. The number of sulfonamides is 2. The summed E-state index contributed by atoms with van der Waals surface area (Å²) in [5.41, 5.74) is 0.616. The van der Waals surface area contributed by atoms with Gasteiger partial charge >= 0.3 is 0 Å². The first kappa shape index (κ1) is 28.9. The number of ether oxygens (including phenoxy) is 1. The SMILES string of the molecule is COc1ccc(N(CC(=O)Nc2ccc(S(=O)(=O)Nc3ccccc3Cl)cc2)S(=O)(=O)c2ccc(F)cc2)cc1. The lowest BCUT2D eigenvalue weighted by molar-refractivity contribution is -0.114. The summed E-state index contributed by atoms with van der Waals surface area (Å²) in [6.45, 7) is -0.625. The Labute approximate surface area is 236 Å². The monoisotopic (exact) mass is 603 g/mol. The molecule has 4 rings (SSSR count). The van der Waals surface area contributed by atoms with Crippen LogP contribution >= 0.6 is 11.6 Å². The number of carbonyl (C=O) groups excluding carboxylic acids is 1. The number of para-hydroxylation sites is 1. The van der Waals surface area contributed by atoms with Crippen molar-refractivity contribution >= 4 is 54.6 Å². The Hall–Kier alpha value is -4.13. The van der Waals surface area contributed by atoms with Gasteiger partial charge in [0, 0.05) is 5.69 Å². The standard InChI is InChI=1S/C27H23ClFN3O6S2/c1-38-22-12-10-21(11-13-22)32(40(36,37)24-14-6-19(29)7-15-24)18-27(33)30-20-8-16-23(17-9-20)39(34,35)31-26-5-3-2-4-25(26)28/h2-17,31H,18H2,1H3,(H,30,33). The Kier molecular flexibility index (Phi) is 8.62. The number of amides is 1. The van der Waals surface area contributed by atoms with Crippen LogP contribution in [0.15, 0.2) is 107 Å². The minimum Gasteiger partial charge on any atom is -0.497 e. The second kappa shape index (κ2) is 11.9. The van der Waals surface area contributed by atoms with Gasteiger partial charge in [0.1, 0.15) is 18.1 Å². The molecule has 4 aromatic carbocycles. The second-order valence-corrected chi connectivity index (χ2v) is 12.3. The van der Waals surface area contributed by atoms with E-state index in [1.165, 1.54) is 61.7 Å². The van der Waals surface area contributed by atoms with Crippen molar-refractivity contribution < 1.29 is 30.8 Å². The summed E-state index contributed by atoms with van der Waals surface area (Å²) in [5.74, 6) is -0.835. The van der Waals surface area contributed by atoms with Gasteiger partial charge in [-0.15, -0.1) is 0 Å². The smallest absolute Gasteiger partial charge is 0.264 e. The van der Waals surface area contributed by atoms with Gasteiger partial charge < -0.3 is 10.1 Å². The molecule has 0 fully saturated rings. The molecule has 0 heterocycles. The number of benzene rings is 4. The van der Waals surface area contributed by atoms with E-state index in [4.69, 9.17) is 16.3 Å². The molecule has 1 amide bonds. The number of hydrogen-bond donors (Lipinski definition) is 2. The van der Waals surface area contributed by atoms with Crippen molar-refractivity contribution in [1.29, 1.82) is 0 Å². The molecule has 9 nitrogen and oxygen atoms in total. The number of hydrogen-bond acceptors (Lipinski definition) is 6. The highest BCUT2D eigenvalue weighted by Gasteiger charge is 2.27. The molecule has 13 heteroatoms. The zero-order valence-electron chi connectivity index (χ0n) is 20.9. The maximum absolute atomic E-state index is 13.4. The van der Waals surface area contributed by atoms with Crippen LogP contribution in [0, 0.1) is 5.82 Å². The van der Waals surface area contributed by atoms with Gasteiger partial charge in [0.05, 0.1) is 33.3 Å². The maximum atomic E-state index is 13.4. The predicted molar refractivity (Wildman–Crippen MR) is 151 cm³/mol. The molecule has 4 aromatic rings. The molecule has 208 valence electrons. The minimum absolute atomic E-state index is 0.0795. The van der Waals surface area contributed by atoms with Crippen molar-refractivity contribution in [2.45, 2.75) is 9.79 Å². The largest absolute Gasteiger partial charge is 0.497 e. The molecule has 0 unspecified atom stereocenters. The Bertz CT molecular complexity index is 1720. The van der Waals surface area contributed by atoms with Gasteiger partial charge in [0.25, 0.3) is 20.0 Å². The molecule has 40 heavy (non-hydrogen) atoms. The summed E-state index contributed by atoms with van der Waals surface area (Å²) in [6.07, 6.45) is 0. The molecule has 2 N–H and O–H groups in total. The van der Waals surface area contributed by atoms with E-state index in [0.29, 0.717) is 5.75 Å². The lowest BCUT2D eigenvalue weighted by Gasteiger charge is -2.24. The van der Waals surface area contributed by atoms with Crippen LogP contribution in [0.4, 0.5) is 21.5 Å². The molecule has 0 aliphatic rings. The normalized spacial score (nSPS) is 11.5. The molecule has 0 spiro atoms. The molecule has 0 saturated carbocycles. The average Bonchev–Trinajstić information content (AvgIpc) is 2.93. The minimum atomic E-state index is -4.27. The van der Waals surface area contributed by atoms with Gasteiger partial charge in [-0.2, -0.15) is 0 Å². The third-order valence-electron chi connectivity index (χ3n) is 5.62. The van der Waals surface area contributed by atoms with Gasteiger partial charge in [-0.25, -0.2) is 21.2 Å². The number of methoxy groups -OCH3 is 1. The topological polar surface area (TPSA) is 122 Å². The Morgan fingerprint density at radius 1 is 0.850 bits per heavy atom. The number of carbonyl (C=O) groups is 1. The Morgan fingerprint density at radius 2 is 1.45 bits per heavy atom. The lowest BCUT2D eigenvalue weighted by Crippen LogP contribution is -2.38. The summed E-state index contributed by atoms with van der Waals surface area (Å²) in [5, 5.41) is 2.80. The highest BCUT2D eigenvalue weighted by molar-refractivity contribution is 7.93. The summed E-state index contributed by atoms with van der Waals surface area (Å²) in [7, 11) is -6.78. The van der Waals surface area contributed by atoms with Crippen LogP contribution in [-0.2, 0) is 24.8 Å². The first-order valence-electron chi connectivity index (χ1n) is 11.6. The van der Waals surface area contributed by atoms with Gasteiger partial charge in [-0.3, -0.25) is 13.8 Å². The molecule has 0 bridgehead atoms. The van der Waals surface area contributed by atoms with Crippen molar-refractivity contribution in [2.75, 3.05) is 28.0 Å². The number of nitrogens with one attached hydrogen (secondary N) is 2. The van der Waals surface area contributed by atoms with E-state index in [-0.39, 0.29) is 31.9 Å². The van der Waals surface area contributed by atoms with Crippen molar-refractivity contribution in [3.05, 3.63) is 108 Å². The van der Waals surface area contributed by atoms with Gasteiger partial charge in [-0.05, 0) is 84.9 Å². The number of nitrogens with zero attached hydrogens (tertiary/aromatic N) is 1. The Balaban J connectivity index is 1.54. The summed E-state index contributed by atoms with van der Waals surface area (Å²) in [6, 6.07) is 21.9. The van der Waals surface area contributed by atoms with Gasteiger partial charge in [-0.1, -0.05) is 23.7 Å². The van der Waals surface area contributed by atoms with Crippen molar-refractivity contribution in [1.82, 2.24) is 0 Å². The number of anilines is 3. The summed E-state index contributed by atoms with van der Waals surface area (Å²) in [4.78, 5) is 12.7. The van der Waals surface area contributed by atoms with E-state index in [2.05, 4.69) is 10.0 Å². The van der Waals surface area contributed by atoms with Crippen LogP contribution in [0.2, 0.25) is 5.02 Å². The van der Waals surface area contributed by atoms with Crippen LogP contribution in [0.5, 0.6) is 5.75 Å². The average molecular weight is 604 g/mol. The lowest BCUT2D eigenvalue weighted by atomic mass is 10.3. The van der Waals surface area contributed by atoms with E-state index >= 15 is 0 Å². The Morgan fingerprint density at radius 3 is 2.05 bits per heavy atom. The molecule has 0 atom stereocenters. The molecule has 0 radical (unpaired) electrons. The predicted octanol–water partition coefficient (Wildman–Crippen LogP) is 5.12. The first-order chi connectivity index (χ1) is 19.0. The quantitative estimate of drug-likeness (QED) is 0.259. The van der Waals surface area contributed by atoms with Crippen molar-refractivity contribution in [3.8, 4) is 5.75 Å². The molecular weight excluding hydrogens is 581 g/mol. The molecular formula is C27H23ClFN3O6S2. The zero-order valence-corrected chi connectivity index (χ0v) is 23.3. The first-order valence-corrected chi connectivity index (χ1v) is 14.9. The highest BCUT2D eigenvalue weighted by Crippen LogP contribution is 2.27. The van der Waals surface area contributed by atoms with Crippen molar-refractivity contribution in [3.63, 3.8) is 0 Å². The van der Waals surface area contributed by atoms with Crippen LogP contribution < -0.4 is 19.1 Å². The maximum Gasteiger partial charge on any atom is 0.264 e. The van der Waals surface area contributed by atoms with Gasteiger partial charge in [0.15, 0.2) is 0 Å². The van der Waals surface area contributed by atoms with E-state index in [9.17, 15) is 26.0 Å². The van der Waals surface area contributed by atoms with Crippen molar-refractivity contribution in [2.24, 2.45) is 0 Å². The molecule has 0 saturated heterocycles. The van der Waals surface area contributed by atoms with E-state index in [0.717, 1.165) is 28.6 Å². The zero-order chi connectivity index (χ0) is 28.9. The molecule has 0 aromatic heterocycles. The van der Waals surface area contributed by atoms with Crippen LogP contribution in [0.25, 0.3) is 0 Å². The fourth-order valence-corrected chi connectivity index (χ4v) is 6.33.